The monoisotopic (exact) mass is 313 g/mol. The maximum absolute atomic E-state index is 11.3. The van der Waals surface area contributed by atoms with Gasteiger partial charge in [0.15, 0.2) is 0 Å². The highest BCUT2D eigenvalue weighted by Crippen LogP contribution is 2.23. The van der Waals surface area contributed by atoms with Crippen molar-refractivity contribution in [3.63, 3.8) is 0 Å². The van der Waals surface area contributed by atoms with Gasteiger partial charge < -0.3 is 30.4 Å². The number of H-pyrrole nitrogens is 4. The Hall–Kier alpha value is -3.00. The van der Waals surface area contributed by atoms with Gasteiger partial charge in [0.2, 0.25) is 0 Å². The molecule has 1 aliphatic rings. The second kappa shape index (κ2) is 5.03. The number of hydrogen-bond donors (Lipinski definition) is 6. The van der Waals surface area contributed by atoms with Crippen molar-refractivity contribution in [3.8, 4) is 0 Å². The number of fused-ring (bicyclic) bond motifs is 2. The molecule has 0 radical (unpaired) electrons. The molecule has 0 spiro atoms. The van der Waals surface area contributed by atoms with Crippen LogP contribution in [-0.4, -0.2) is 31.3 Å². The van der Waals surface area contributed by atoms with Crippen molar-refractivity contribution in [1.82, 2.24) is 19.9 Å². The van der Waals surface area contributed by atoms with E-state index in [0.717, 1.165) is 11.4 Å². The molecule has 6 N–H and O–H groups in total. The summed E-state index contributed by atoms with van der Waals surface area (Å²) in [5.74, 6) is -0.171. The average Bonchev–Trinajstić information content (AvgIpc) is 3.06. The molecule has 2 heterocycles. The Morgan fingerprint density at radius 3 is 2.74 bits per heavy atom. The molecule has 3 aromatic rings. The van der Waals surface area contributed by atoms with Gasteiger partial charge in [-0.1, -0.05) is 6.08 Å². The lowest BCUT2D eigenvalue weighted by Crippen LogP contribution is -2.30. The smallest absolute Gasteiger partial charge is 0.323 e. The zero-order valence-electron chi connectivity index (χ0n) is 12.0. The minimum Gasteiger partial charge on any atom is -0.373 e. The standard InChI is InChI=1S/C15H15N5O3/c21-13(7-1-3-9-11(5-7)19-14(22)17-9)16-8-2-4-10-12(6-8)20-15(23)18-10/h1-4,6-7,13,16,21H,5H2,(H2,17,19,22)(H2,18,20,23). The number of benzene rings is 1. The van der Waals surface area contributed by atoms with Gasteiger partial charge in [0.25, 0.3) is 0 Å². The van der Waals surface area contributed by atoms with E-state index in [9.17, 15) is 14.7 Å². The molecule has 2 unspecified atom stereocenters. The molecular formula is C15H15N5O3. The average molecular weight is 313 g/mol. The van der Waals surface area contributed by atoms with Gasteiger partial charge in [0, 0.05) is 23.7 Å². The van der Waals surface area contributed by atoms with Crippen LogP contribution in [0.25, 0.3) is 17.1 Å². The fourth-order valence-corrected chi connectivity index (χ4v) is 2.88. The number of imidazole rings is 2. The summed E-state index contributed by atoms with van der Waals surface area (Å²) in [4.78, 5) is 33.3. The quantitative estimate of drug-likeness (QED) is 0.393. The molecule has 4 rings (SSSR count). The first-order chi connectivity index (χ1) is 11.1. The third kappa shape index (κ3) is 2.49. The lowest BCUT2D eigenvalue weighted by molar-refractivity contribution is 0.156. The number of aliphatic hydroxyl groups excluding tert-OH is 1. The van der Waals surface area contributed by atoms with Crippen LogP contribution >= 0.6 is 0 Å². The van der Waals surface area contributed by atoms with Crippen molar-refractivity contribution in [2.24, 2.45) is 5.92 Å². The Balaban J connectivity index is 1.53. The molecule has 2 aromatic heterocycles. The molecule has 0 amide bonds. The van der Waals surface area contributed by atoms with Gasteiger partial charge in [-0.15, -0.1) is 0 Å². The fraction of sp³-hybridized carbons (Fsp3) is 0.200. The first-order valence-electron chi connectivity index (χ1n) is 7.24. The van der Waals surface area contributed by atoms with Crippen LogP contribution in [0.5, 0.6) is 0 Å². The van der Waals surface area contributed by atoms with E-state index in [4.69, 9.17) is 0 Å². The molecule has 1 aliphatic carbocycles. The lowest BCUT2D eigenvalue weighted by Gasteiger charge is -2.24. The predicted octanol–water partition coefficient (Wildman–Crippen LogP) is 0.489. The van der Waals surface area contributed by atoms with Gasteiger partial charge in [-0.25, -0.2) is 9.59 Å². The van der Waals surface area contributed by atoms with Gasteiger partial charge >= 0.3 is 11.4 Å². The molecule has 8 nitrogen and oxygen atoms in total. The van der Waals surface area contributed by atoms with Crippen molar-refractivity contribution < 1.29 is 5.11 Å². The molecule has 0 saturated carbocycles. The van der Waals surface area contributed by atoms with Gasteiger partial charge in [-0.05, 0) is 24.3 Å². The largest absolute Gasteiger partial charge is 0.373 e. The van der Waals surface area contributed by atoms with Crippen molar-refractivity contribution >= 4 is 22.8 Å². The Morgan fingerprint density at radius 2 is 1.87 bits per heavy atom. The summed E-state index contributed by atoms with van der Waals surface area (Å²) in [6, 6.07) is 5.30. The SMILES string of the molecule is O=c1[nH]c2c([nH]1)CC(C(O)Nc1ccc3[nH]c(=O)[nH]c3c1)C=C2. The van der Waals surface area contributed by atoms with Gasteiger partial charge in [0.1, 0.15) is 6.23 Å². The Labute approximate surface area is 129 Å². The third-order valence-electron chi connectivity index (χ3n) is 4.02. The summed E-state index contributed by atoms with van der Waals surface area (Å²) >= 11 is 0. The Kier molecular flexibility index (Phi) is 2.98. The fourth-order valence-electron chi connectivity index (χ4n) is 2.88. The highest BCUT2D eigenvalue weighted by molar-refractivity contribution is 5.78. The predicted molar refractivity (Wildman–Crippen MR) is 86.2 cm³/mol. The number of aromatic amines is 4. The topological polar surface area (TPSA) is 130 Å². The molecule has 0 saturated heterocycles. The van der Waals surface area contributed by atoms with Crippen LogP contribution in [0.1, 0.15) is 11.4 Å². The van der Waals surface area contributed by atoms with E-state index in [-0.39, 0.29) is 17.3 Å². The van der Waals surface area contributed by atoms with Crippen LogP contribution in [0, 0.1) is 5.92 Å². The first kappa shape index (κ1) is 13.6. The van der Waals surface area contributed by atoms with E-state index in [2.05, 4.69) is 25.3 Å². The summed E-state index contributed by atoms with van der Waals surface area (Å²) in [6.07, 6.45) is 3.36. The van der Waals surface area contributed by atoms with Crippen LogP contribution in [0.4, 0.5) is 5.69 Å². The number of anilines is 1. The van der Waals surface area contributed by atoms with Crippen molar-refractivity contribution in [3.05, 3.63) is 56.6 Å². The van der Waals surface area contributed by atoms with E-state index in [0.29, 0.717) is 23.1 Å². The van der Waals surface area contributed by atoms with Crippen molar-refractivity contribution in [2.75, 3.05) is 5.32 Å². The van der Waals surface area contributed by atoms with E-state index in [1.54, 1.807) is 24.3 Å². The number of rotatable bonds is 3. The number of hydrogen-bond acceptors (Lipinski definition) is 4. The highest BCUT2D eigenvalue weighted by Gasteiger charge is 2.23. The van der Waals surface area contributed by atoms with E-state index >= 15 is 0 Å². The van der Waals surface area contributed by atoms with Crippen LogP contribution in [0.2, 0.25) is 0 Å². The van der Waals surface area contributed by atoms with Crippen LogP contribution in [0.3, 0.4) is 0 Å². The molecular weight excluding hydrogens is 298 g/mol. The minimum absolute atomic E-state index is 0.171. The van der Waals surface area contributed by atoms with Gasteiger partial charge in [-0.3, -0.25) is 0 Å². The molecule has 0 fully saturated rings. The second-order valence-corrected chi connectivity index (χ2v) is 5.63. The number of nitrogens with one attached hydrogen (secondary N) is 5. The van der Waals surface area contributed by atoms with E-state index < -0.39 is 6.23 Å². The summed E-state index contributed by atoms with van der Waals surface area (Å²) in [5, 5.41) is 13.4. The van der Waals surface area contributed by atoms with Gasteiger partial charge in [0.05, 0.1) is 16.7 Å². The second-order valence-electron chi connectivity index (χ2n) is 5.63. The molecule has 0 bridgehead atoms. The zero-order valence-corrected chi connectivity index (χ0v) is 12.0. The van der Waals surface area contributed by atoms with E-state index in [1.807, 2.05) is 6.08 Å². The third-order valence-corrected chi connectivity index (χ3v) is 4.02. The lowest BCUT2D eigenvalue weighted by atomic mass is 9.94. The van der Waals surface area contributed by atoms with Crippen LogP contribution in [-0.2, 0) is 6.42 Å². The number of aromatic nitrogens is 4. The Morgan fingerprint density at radius 1 is 1.09 bits per heavy atom. The molecule has 8 heteroatoms. The maximum Gasteiger partial charge on any atom is 0.323 e. The van der Waals surface area contributed by atoms with Gasteiger partial charge in [-0.2, -0.15) is 0 Å². The van der Waals surface area contributed by atoms with Crippen LogP contribution < -0.4 is 16.7 Å². The maximum atomic E-state index is 11.3. The summed E-state index contributed by atoms with van der Waals surface area (Å²) < 4.78 is 0. The Bertz CT molecular complexity index is 1010. The number of aliphatic hydroxyl groups is 1. The molecule has 0 aliphatic heterocycles. The highest BCUT2D eigenvalue weighted by atomic mass is 16.3. The first-order valence-corrected chi connectivity index (χ1v) is 7.24. The molecule has 118 valence electrons. The zero-order chi connectivity index (χ0) is 16.0. The minimum atomic E-state index is -0.819. The summed E-state index contributed by atoms with van der Waals surface area (Å²) in [5.41, 5.74) is 3.10. The van der Waals surface area contributed by atoms with Crippen molar-refractivity contribution in [1.29, 1.82) is 0 Å². The summed E-state index contributed by atoms with van der Waals surface area (Å²) in [6.45, 7) is 0. The molecule has 2 atom stereocenters. The normalized spacial score (nSPS) is 18.0. The van der Waals surface area contributed by atoms with Crippen LogP contribution in [0.15, 0.2) is 33.9 Å². The van der Waals surface area contributed by atoms with Crippen molar-refractivity contribution in [2.45, 2.75) is 12.6 Å². The molecule has 1 aromatic carbocycles. The van der Waals surface area contributed by atoms with E-state index in [1.165, 1.54) is 0 Å². The molecule has 23 heavy (non-hydrogen) atoms. The summed E-state index contributed by atoms with van der Waals surface area (Å²) in [7, 11) is 0.